The summed E-state index contributed by atoms with van der Waals surface area (Å²) >= 11 is 1.76. The Hall–Kier alpha value is -1.73. The Kier molecular flexibility index (Phi) is 5.12. The second kappa shape index (κ2) is 7.66. The van der Waals surface area contributed by atoms with Crippen LogP contribution in [0.4, 0.5) is 0 Å². The molecule has 132 valence electrons. The molecule has 1 saturated heterocycles. The molecule has 25 heavy (non-hydrogen) atoms. The summed E-state index contributed by atoms with van der Waals surface area (Å²) < 4.78 is 14.5. The third kappa shape index (κ3) is 3.77. The van der Waals surface area contributed by atoms with Crippen LogP contribution in [0.3, 0.4) is 0 Å². The van der Waals surface area contributed by atoms with E-state index in [4.69, 9.17) is 14.6 Å². The lowest BCUT2D eigenvalue weighted by Crippen LogP contribution is -2.38. The monoisotopic (exact) mass is 357 g/mol. The first-order valence-corrected chi connectivity index (χ1v) is 9.59. The zero-order valence-electron chi connectivity index (χ0n) is 14.5. The second-order valence-electron chi connectivity index (χ2n) is 6.31. The van der Waals surface area contributed by atoms with E-state index in [2.05, 4.69) is 47.5 Å². The lowest BCUT2D eigenvalue weighted by atomic mass is 10.2. The van der Waals surface area contributed by atoms with Gasteiger partial charge in [-0.25, -0.2) is 4.68 Å². The third-order valence-electron chi connectivity index (χ3n) is 4.53. The highest BCUT2D eigenvalue weighted by molar-refractivity contribution is 7.17. The number of benzene rings is 1. The normalized spacial score (nSPS) is 15.9. The number of ether oxygens (including phenoxy) is 2. The van der Waals surface area contributed by atoms with Gasteiger partial charge in [0.2, 0.25) is 0 Å². The minimum atomic E-state index is 0.556. The smallest absolute Gasteiger partial charge is 0.0907 e. The molecule has 1 fully saturated rings. The molecule has 0 atom stereocenters. The number of hydrogen-bond donors (Lipinski definition) is 0. The van der Waals surface area contributed by atoms with E-state index in [0.717, 1.165) is 56.5 Å². The SMILES string of the molecule is Cc1cc(COCCN2CCOCC2)nn1-c1csc2ccccc12. The number of thiophene rings is 1. The molecule has 1 aliphatic rings. The molecule has 0 saturated carbocycles. The van der Waals surface area contributed by atoms with Gasteiger partial charge in [0, 0.05) is 40.8 Å². The van der Waals surface area contributed by atoms with E-state index >= 15 is 0 Å². The van der Waals surface area contributed by atoms with Crippen molar-refractivity contribution < 1.29 is 9.47 Å². The van der Waals surface area contributed by atoms with Crippen molar-refractivity contribution in [3.05, 3.63) is 47.1 Å². The molecule has 0 aliphatic carbocycles. The highest BCUT2D eigenvalue weighted by Crippen LogP contribution is 2.29. The van der Waals surface area contributed by atoms with Gasteiger partial charge in [0.15, 0.2) is 0 Å². The molecule has 0 unspecified atom stereocenters. The maximum Gasteiger partial charge on any atom is 0.0907 e. The van der Waals surface area contributed by atoms with Gasteiger partial charge in [0.25, 0.3) is 0 Å². The average molecular weight is 357 g/mol. The summed E-state index contributed by atoms with van der Waals surface area (Å²) in [4.78, 5) is 2.38. The van der Waals surface area contributed by atoms with Crippen molar-refractivity contribution in [1.29, 1.82) is 0 Å². The lowest BCUT2D eigenvalue weighted by Gasteiger charge is -2.26. The molecule has 0 amide bonds. The molecule has 3 heterocycles. The fourth-order valence-corrected chi connectivity index (χ4v) is 4.10. The van der Waals surface area contributed by atoms with E-state index in [-0.39, 0.29) is 0 Å². The van der Waals surface area contributed by atoms with Gasteiger partial charge < -0.3 is 9.47 Å². The first-order valence-electron chi connectivity index (χ1n) is 8.71. The Balaban J connectivity index is 1.38. The molecule has 0 radical (unpaired) electrons. The summed E-state index contributed by atoms with van der Waals surface area (Å²) in [5.74, 6) is 0. The van der Waals surface area contributed by atoms with E-state index in [1.807, 2.05) is 4.68 Å². The fraction of sp³-hybridized carbons (Fsp3) is 0.421. The Bertz CT molecular complexity index is 836. The van der Waals surface area contributed by atoms with Gasteiger partial charge in [-0.15, -0.1) is 11.3 Å². The van der Waals surface area contributed by atoms with Gasteiger partial charge in [-0.2, -0.15) is 5.10 Å². The summed E-state index contributed by atoms with van der Waals surface area (Å²) in [5.41, 5.74) is 3.27. The zero-order valence-corrected chi connectivity index (χ0v) is 15.3. The highest BCUT2D eigenvalue weighted by Gasteiger charge is 2.12. The predicted octanol–water partition coefficient (Wildman–Crippen LogP) is 3.24. The molecule has 2 aromatic heterocycles. The molecule has 6 heteroatoms. The van der Waals surface area contributed by atoms with Gasteiger partial charge in [0.05, 0.1) is 37.8 Å². The van der Waals surface area contributed by atoms with Crippen LogP contribution in [0.2, 0.25) is 0 Å². The van der Waals surface area contributed by atoms with Crippen LogP contribution in [0.5, 0.6) is 0 Å². The maximum atomic E-state index is 5.84. The fourth-order valence-electron chi connectivity index (χ4n) is 3.18. The number of aryl methyl sites for hydroxylation is 1. The van der Waals surface area contributed by atoms with Gasteiger partial charge in [-0.3, -0.25) is 4.90 Å². The molecular formula is C19H23N3O2S. The van der Waals surface area contributed by atoms with Crippen molar-refractivity contribution in [3.8, 4) is 5.69 Å². The summed E-state index contributed by atoms with van der Waals surface area (Å²) in [6.45, 7) is 8.00. The van der Waals surface area contributed by atoms with Crippen molar-refractivity contribution >= 4 is 21.4 Å². The highest BCUT2D eigenvalue weighted by atomic mass is 32.1. The predicted molar refractivity (Wildman–Crippen MR) is 101 cm³/mol. The van der Waals surface area contributed by atoms with E-state index in [1.165, 1.54) is 10.1 Å². The van der Waals surface area contributed by atoms with Crippen molar-refractivity contribution in [2.24, 2.45) is 0 Å². The van der Waals surface area contributed by atoms with E-state index in [1.54, 1.807) is 11.3 Å². The summed E-state index contributed by atoms with van der Waals surface area (Å²) in [6, 6.07) is 10.6. The van der Waals surface area contributed by atoms with Crippen LogP contribution < -0.4 is 0 Å². The van der Waals surface area contributed by atoms with Gasteiger partial charge in [-0.1, -0.05) is 18.2 Å². The molecular weight excluding hydrogens is 334 g/mol. The third-order valence-corrected chi connectivity index (χ3v) is 5.48. The van der Waals surface area contributed by atoms with Crippen LogP contribution in [0.15, 0.2) is 35.7 Å². The minimum absolute atomic E-state index is 0.556. The van der Waals surface area contributed by atoms with Crippen LogP contribution in [0.25, 0.3) is 15.8 Å². The van der Waals surface area contributed by atoms with Crippen molar-refractivity contribution in [3.63, 3.8) is 0 Å². The average Bonchev–Trinajstić information content (AvgIpc) is 3.23. The first-order chi connectivity index (χ1) is 12.3. The summed E-state index contributed by atoms with van der Waals surface area (Å²) in [5, 5.41) is 8.17. The Morgan fingerprint density at radius 3 is 2.96 bits per heavy atom. The standard InChI is InChI=1S/C19H23N3O2S/c1-15-12-16(13-24-11-8-21-6-9-23-10-7-21)20-22(15)18-14-25-19-5-3-2-4-17(18)19/h2-5,12,14H,6-11,13H2,1H3. The van der Waals surface area contributed by atoms with E-state index in [0.29, 0.717) is 6.61 Å². The topological polar surface area (TPSA) is 39.5 Å². The summed E-state index contributed by atoms with van der Waals surface area (Å²) in [7, 11) is 0. The van der Waals surface area contributed by atoms with Crippen LogP contribution in [0, 0.1) is 6.92 Å². The van der Waals surface area contributed by atoms with Gasteiger partial charge in [0.1, 0.15) is 0 Å². The van der Waals surface area contributed by atoms with Gasteiger partial charge in [-0.05, 0) is 19.1 Å². The lowest BCUT2D eigenvalue weighted by molar-refractivity contribution is 0.0176. The Morgan fingerprint density at radius 2 is 2.08 bits per heavy atom. The quantitative estimate of drug-likeness (QED) is 0.635. The minimum Gasteiger partial charge on any atom is -0.379 e. The van der Waals surface area contributed by atoms with Crippen LogP contribution >= 0.6 is 11.3 Å². The maximum absolute atomic E-state index is 5.84. The van der Waals surface area contributed by atoms with Crippen molar-refractivity contribution in [1.82, 2.24) is 14.7 Å². The second-order valence-corrected chi connectivity index (χ2v) is 7.22. The molecule has 4 rings (SSSR count). The number of hydrogen-bond acceptors (Lipinski definition) is 5. The molecule has 1 aliphatic heterocycles. The van der Waals surface area contributed by atoms with Crippen LogP contribution in [-0.4, -0.2) is 54.1 Å². The van der Waals surface area contributed by atoms with Crippen LogP contribution in [-0.2, 0) is 16.1 Å². The van der Waals surface area contributed by atoms with E-state index < -0.39 is 0 Å². The Morgan fingerprint density at radius 1 is 1.24 bits per heavy atom. The number of rotatable bonds is 6. The zero-order chi connectivity index (χ0) is 17.1. The molecule has 0 bridgehead atoms. The number of fused-ring (bicyclic) bond motifs is 1. The number of nitrogens with zero attached hydrogens (tertiary/aromatic N) is 3. The van der Waals surface area contributed by atoms with Crippen LogP contribution in [0.1, 0.15) is 11.4 Å². The van der Waals surface area contributed by atoms with Gasteiger partial charge >= 0.3 is 0 Å². The first kappa shape index (κ1) is 16.7. The number of morpholine rings is 1. The molecule has 1 aromatic carbocycles. The van der Waals surface area contributed by atoms with E-state index in [9.17, 15) is 0 Å². The summed E-state index contributed by atoms with van der Waals surface area (Å²) in [6.07, 6.45) is 0. The molecule has 0 N–H and O–H groups in total. The van der Waals surface area contributed by atoms with Crippen molar-refractivity contribution in [2.75, 3.05) is 39.5 Å². The largest absolute Gasteiger partial charge is 0.379 e. The number of aromatic nitrogens is 2. The molecule has 0 spiro atoms. The molecule has 5 nitrogen and oxygen atoms in total. The Labute approximate surface area is 151 Å². The molecule has 3 aromatic rings. The van der Waals surface area contributed by atoms with Crippen molar-refractivity contribution in [2.45, 2.75) is 13.5 Å².